The summed E-state index contributed by atoms with van der Waals surface area (Å²) in [4.78, 5) is 3.90. The van der Waals surface area contributed by atoms with Crippen molar-refractivity contribution in [2.75, 3.05) is 4.72 Å². The van der Waals surface area contributed by atoms with Crippen LogP contribution in [0.1, 0.15) is 5.56 Å². The van der Waals surface area contributed by atoms with Gasteiger partial charge in [0.05, 0.1) is 14.9 Å². The molecule has 1 aromatic heterocycles. The molecule has 3 N–H and O–H groups in total. The number of pyridine rings is 1. The van der Waals surface area contributed by atoms with Gasteiger partial charge in [0.15, 0.2) is 5.82 Å². The molecule has 0 amide bonds. The second-order valence-electron chi connectivity index (χ2n) is 3.95. The van der Waals surface area contributed by atoms with Gasteiger partial charge in [-0.25, -0.2) is 13.4 Å². The maximum Gasteiger partial charge on any atom is 0.263 e. The molecule has 0 aliphatic carbocycles. The lowest BCUT2D eigenvalue weighted by atomic mass is 10.2. The van der Waals surface area contributed by atoms with Gasteiger partial charge in [-0.15, -0.1) is 0 Å². The molecule has 0 bridgehead atoms. The van der Waals surface area contributed by atoms with Gasteiger partial charge in [-0.05, 0) is 30.3 Å². The fraction of sp³-hybridized carbons (Fsp3) is 0. The van der Waals surface area contributed by atoms with Crippen LogP contribution in [0.2, 0.25) is 10.0 Å². The number of sulfonamides is 1. The minimum Gasteiger partial charge on any atom is -0.389 e. The average Bonchev–Trinajstić information content (AvgIpc) is 2.40. The lowest BCUT2D eigenvalue weighted by Gasteiger charge is -2.10. The second-order valence-corrected chi connectivity index (χ2v) is 6.88. The molecule has 0 unspecified atom stereocenters. The number of halogens is 2. The van der Waals surface area contributed by atoms with Crippen LogP contribution >= 0.6 is 35.4 Å². The zero-order valence-electron chi connectivity index (χ0n) is 10.4. The van der Waals surface area contributed by atoms with Gasteiger partial charge < -0.3 is 5.73 Å². The number of benzene rings is 1. The first-order valence-electron chi connectivity index (χ1n) is 5.54. The molecule has 0 aliphatic heterocycles. The largest absolute Gasteiger partial charge is 0.389 e. The van der Waals surface area contributed by atoms with Crippen molar-refractivity contribution in [3.63, 3.8) is 0 Å². The van der Waals surface area contributed by atoms with Gasteiger partial charge >= 0.3 is 0 Å². The van der Waals surface area contributed by atoms with Crippen molar-refractivity contribution in [3.05, 3.63) is 52.1 Å². The van der Waals surface area contributed by atoms with E-state index in [1.807, 2.05) is 0 Å². The zero-order chi connectivity index (χ0) is 15.6. The van der Waals surface area contributed by atoms with E-state index in [4.69, 9.17) is 41.2 Å². The average molecular weight is 362 g/mol. The normalized spacial score (nSPS) is 11.1. The van der Waals surface area contributed by atoms with E-state index in [-0.39, 0.29) is 25.7 Å². The van der Waals surface area contributed by atoms with Crippen LogP contribution < -0.4 is 10.5 Å². The Hall–Kier alpha value is -1.41. The first-order chi connectivity index (χ1) is 9.81. The third-order valence-electron chi connectivity index (χ3n) is 2.51. The van der Waals surface area contributed by atoms with Crippen LogP contribution in [0.4, 0.5) is 5.82 Å². The minimum absolute atomic E-state index is 0.0358. The Bertz CT molecular complexity index is 810. The summed E-state index contributed by atoms with van der Waals surface area (Å²) in [5, 5.41) is 0.337. The Morgan fingerprint density at radius 1 is 1.24 bits per heavy atom. The Balaban J connectivity index is 2.39. The monoisotopic (exact) mass is 361 g/mol. The number of rotatable bonds is 4. The van der Waals surface area contributed by atoms with E-state index >= 15 is 0 Å². The maximum absolute atomic E-state index is 12.3. The molecule has 2 aromatic rings. The van der Waals surface area contributed by atoms with Crippen LogP contribution in [-0.2, 0) is 10.0 Å². The van der Waals surface area contributed by atoms with Crippen LogP contribution in [0.5, 0.6) is 0 Å². The molecule has 0 radical (unpaired) electrons. The highest BCUT2D eigenvalue weighted by Gasteiger charge is 2.18. The van der Waals surface area contributed by atoms with Crippen LogP contribution in [0.3, 0.4) is 0 Å². The molecule has 0 atom stereocenters. The molecule has 1 heterocycles. The van der Waals surface area contributed by atoms with Gasteiger partial charge in [-0.3, -0.25) is 4.72 Å². The molecule has 0 spiro atoms. The number of nitrogens with one attached hydrogen (secondary N) is 1. The Kier molecular flexibility index (Phi) is 4.67. The number of anilines is 1. The number of nitrogens with two attached hydrogens (primary N) is 1. The standard InChI is InChI=1S/C12H9Cl2N3O2S2/c13-9-2-1-5-16-12(9)17-21(18,19)7-3-4-8(11(15)20)10(14)6-7/h1-6H,(H2,15,20)(H,16,17). The third kappa shape index (κ3) is 3.62. The molecule has 0 fully saturated rings. The fourth-order valence-corrected chi connectivity index (χ4v) is 3.37. The third-order valence-corrected chi connectivity index (χ3v) is 4.68. The maximum atomic E-state index is 12.3. The highest BCUT2D eigenvalue weighted by Crippen LogP contribution is 2.24. The predicted molar refractivity (Wildman–Crippen MR) is 87.4 cm³/mol. The first-order valence-corrected chi connectivity index (χ1v) is 8.18. The lowest BCUT2D eigenvalue weighted by Crippen LogP contribution is -2.15. The van der Waals surface area contributed by atoms with E-state index in [2.05, 4.69) is 9.71 Å². The van der Waals surface area contributed by atoms with Crippen LogP contribution in [0, 0.1) is 0 Å². The highest BCUT2D eigenvalue weighted by atomic mass is 35.5. The van der Waals surface area contributed by atoms with Crippen molar-refractivity contribution in [2.24, 2.45) is 5.73 Å². The molecule has 1 aromatic carbocycles. The summed E-state index contributed by atoms with van der Waals surface area (Å²) in [6.45, 7) is 0. The summed E-state index contributed by atoms with van der Waals surface area (Å²) in [5.74, 6) is 0.0358. The summed E-state index contributed by atoms with van der Waals surface area (Å²) in [6.07, 6.45) is 1.42. The summed E-state index contributed by atoms with van der Waals surface area (Å²) < 4.78 is 26.8. The van der Waals surface area contributed by atoms with Crippen molar-refractivity contribution < 1.29 is 8.42 Å². The number of thiocarbonyl (C=S) groups is 1. The summed E-state index contributed by atoms with van der Waals surface area (Å²) in [6, 6.07) is 7.16. The number of hydrogen-bond acceptors (Lipinski definition) is 4. The van der Waals surface area contributed by atoms with E-state index in [9.17, 15) is 8.42 Å². The van der Waals surface area contributed by atoms with Crippen molar-refractivity contribution >= 4 is 56.2 Å². The van der Waals surface area contributed by atoms with Crippen LogP contribution in [-0.4, -0.2) is 18.4 Å². The van der Waals surface area contributed by atoms with Gasteiger partial charge in [-0.2, -0.15) is 0 Å². The molecule has 110 valence electrons. The molecule has 9 heteroatoms. The number of aromatic nitrogens is 1. The van der Waals surface area contributed by atoms with Gasteiger partial charge in [0, 0.05) is 11.8 Å². The Labute approximate surface area is 137 Å². The van der Waals surface area contributed by atoms with E-state index in [0.717, 1.165) is 0 Å². The van der Waals surface area contributed by atoms with E-state index in [1.54, 1.807) is 6.07 Å². The van der Waals surface area contributed by atoms with Crippen molar-refractivity contribution in [2.45, 2.75) is 4.90 Å². The molecule has 5 nitrogen and oxygen atoms in total. The number of nitrogens with zero attached hydrogens (tertiary/aromatic N) is 1. The SMILES string of the molecule is NC(=S)c1ccc(S(=O)(=O)Nc2ncccc2Cl)cc1Cl. The van der Waals surface area contributed by atoms with Crippen LogP contribution in [0.25, 0.3) is 0 Å². The zero-order valence-corrected chi connectivity index (χ0v) is 13.5. The van der Waals surface area contributed by atoms with E-state index in [1.165, 1.54) is 30.5 Å². The smallest absolute Gasteiger partial charge is 0.263 e. The van der Waals surface area contributed by atoms with E-state index in [0.29, 0.717) is 5.56 Å². The number of hydrogen-bond donors (Lipinski definition) is 2. The lowest BCUT2D eigenvalue weighted by molar-refractivity contribution is 0.601. The first kappa shape index (κ1) is 16.0. The summed E-state index contributed by atoms with van der Waals surface area (Å²) >= 11 is 16.6. The Morgan fingerprint density at radius 3 is 2.52 bits per heavy atom. The van der Waals surface area contributed by atoms with Crippen molar-refractivity contribution in [1.82, 2.24) is 4.98 Å². The van der Waals surface area contributed by atoms with Gasteiger partial charge in [0.1, 0.15) is 4.99 Å². The van der Waals surface area contributed by atoms with Crippen molar-refractivity contribution in [3.8, 4) is 0 Å². The molecule has 21 heavy (non-hydrogen) atoms. The topological polar surface area (TPSA) is 85.1 Å². The molecule has 0 aliphatic rings. The van der Waals surface area contributed by atoms with Gasteiger partial charge in [0.2, 0.25) is 0 Å². The fourth-order valence-electron chi connectivity index (χ4n) is 1.51. The summed E-state index contributed by atoms with van der Waals surface area (Å²) in [7, 11) is -3.87. The Morgan fingerprint density at radius 2 is 1.95 bits per heavy atom. The summed E-state index contributed by atoms with van der Waals surface area (Å²) in [5.41, 5.74) is 5.88. The van der Waals surface area contributed by atoms with Gasteiger partial charge in [0.25, 0.3) is 10.0 Å². The predicted octanol–water partition coefficient (Wildman–Crippen LogP) is 2.82. The highest BCUT2D eigenvalue weighted by molar-refractivity contribution is 7.92. The molecular formula is C12H9Cl2N3O2S2. The van der Waals surface area contributed by atoms with Crippen molar-refractivity contribution in [1.29, 1.82) is 0 Å². The van der Waals surface area contributed by atoms with E-state index < -0.39 is 10.0 Å². The molecule has 0 saturated heterocycles. The van der Waals surface area contributed by atoms with Crippen LogP contribution in [0.15, 0.2) is 41.4 Å². The molecular weight excluding hydrogens is 353 g/mol. The van der Waals surface area contributed by atoms with Gasteiger partial charge in [-0.1, -0.05) is 35.4 Å². The quantitative estimate of drug-likeness (QED) is 0.817. The minimum atomic E-state index is -3.87. The molecule has 0 saturated carbocycles. The second kappa shape index (κ2) is 6.15. The molecule has 2 rings (SSSR count).